The van der Waals surface area contributed by atoms with Crippen LogP contribution in [0.25, 0.3) is 0 Å². The summed E-state index contributed by atoms with van der Waals surface area (Å²) >= 11 is 0. The molecule has 214 valence electrons. The first kappa shape index (κ1) is 28.5. The van der Waals surface area contributed by atoms with Gasteiger partial charge in [-0.1, -0.05) is 12.1 Å². The quantitative estimate of drug-likeness (QED) is 0.465. The Kier molecular flexibility index (Phi) is 8.38. The molecule has 9 nitrogen and oxygen atoms in total. The van der Waals surface area contributed by atoms with Gasteiger partial charge in [0.15, 0.2) is 9.84 Å². The topological polar surface area (TPSA) is 122 Å². The van der Waals surface area contributed by atoms with Crippen molar-refractivity contribution < 1.29 is 31.4 Å². The highest BCUT2D eigenvalue weighted by Crippen LogP contribution is 2.37. The number of nitrogens with zero attached hydrogens (tertiary/aromatic N) is 1. The highest BCUT2D eigenvalue weighted by atomic mass is 32.2. The number of sulfonamides is 1. The Bertz CT molecular complexity index is 1390. The van der Waals surface area contributed by atoms with E-state index in [4.69, 9.17) is 9.47 Å². The predicted octanol–water partition coefficient (Wildman–Crippen LogP) is 2.31. The fourth-order valence-electron chi connectivity index (χ4n) is 5.83. The van der Waals surface area contributed by atoms with Crippen LogP contribution in [0.15, 0.2) is 52.3 Å². The number of aliphatic hydroxyl groups excluding tert-OH is 1. The third-order valence-corrected chi connectivity index (χ3v) is 11.1. The van der Waals surface area contributed by atoms with Gasteiger partial charge in [-0.3, -0.25) is 0 Å². The Morgan fingerprint density at radius 2 is 1.79 bits per heavy atom. The molecule has 1 unspecified atom stereocenters. The maximum Gasteiger partial charge on any atom is 0.243 e. The SMILES string of the molecule is CS(=O)(=O)c1cccc(OC[C@@H](O)CNC2COC3(CCN(S(=O)(=O)c4ccc5c(c4)CCCC5)CC3)C2)c1. The fraction of sp³-hybridized carbons (Fsp3) is 0.571. The summed E-state index contributed by atoms with van der Waals surface area (Å²) in [6.07, 6.45) is 6.63. The lowest BCUT2D eigenvalue weighted by Crippen LogP contribution is -2.47. The molecule has 2 aromatic rings. The minimum atomic E-state index is -3.54. The molecule has 2 N–H and O–H groups in total. The van der Waals surface area contributed by atoms with Crippen LogP contribution in [0, 0.1) is 0 Å². The Balaban J connectivity index is 1.08. The van der Waals surface area contributed by atoms with Crippen LogP contribution in [-0.2, 0) is 37.4 Å². The molecule has 1 spiro atoms. The van der Waals surface area contributed by atoms with E-state index in [0.717, 1.165) is 38.4 Å². The second-order valence-electron chi connectivity index (χ2n) is 11.1. The molecule has 11 heteroatoms. The molecule has 5 rings (SSSR count). The number of piperidine rings is 1. The summed E-state index contributed by atoms with van der Waals surface area (Å²) in [4.78, 5) is 0.563. The lowest BCUT2D eigenvalue weighted by Gasteiger charge is -2.38. The van der Waals surface area contributed by atoms with Crippen molar-refractivity contribution >= 4 is 19.9 Å². The van der Waals surface area contributed by atoms with Crippen molar-refractivity contribution in [3.8, 4) is 5.75 Å². The van der Waals surface area contributed by atoms with E-state index >= 15 is 0 Å². The Morgan fingerprint density at radius 3 is 2.54 bits per heavy atom. The van der Waals surface area contributed by atoms with Gasteiger partial charge >= 0.3 is 0 Å². The first-order chi connectivity index (χ1) is 18.5. The highest BCUT2D eigenvalue weighted by Gasteiger charge is 2.44. The van der Waals surface area contributed by atoms with Gasteiger partial charge in [-0.05, 0) is 86.4 Å². The number of benzene rings is 2. The van der Waals surface area contributed by atoms with Crippen LogP contribution < -0.4 is 10.1 Å². The van der Waals surface area contributed by atoms with E-state index in [1.165, 1.54) is 23.3 Å². The molecular weight excluding hydrogens is 540 g/mol. The van der Waals surface area contributed by atoms with Gasteiger partial charge in [-0.15, -0.1) is 0 Å². The molecule has 1 aliphatic carbocycles. The molecule has 0 saturated carbocycles. The average Bonchev–Trinajstić information content (AvgIpc) is 3.32. The van der Waals surface area contributed by atoms with E-state index in [9.17, 15) is 21.9 Å². The summed E-state index contributed by atoms with van der Waals surface area (Å²) in [5.41, 5.74) is 2.08. The summed E-state index contributed by atoms with van der Waals surface area (Å²) in [5.74, 6) is 0.386. The van der Waals surface area contributed by atoms with Crippen LogP contribution in [0.3, 0.4) is 0 Å². The highest BCUT2D eigenvalue weighted by molar-refractivity contribution is 7.90. The molecule has 2 saturated heterocycles. The van der Waals surface area contributed by atoms with E-state index in [1.807, 2.05) is 12.1 Å². The lowest BCUT2D eigenvalue weighted by molar-refractivity contribution is -0.0312. The standard InChI is InChI=1S/C28H38N2O7S2/c1-38(32,33)26-8-4-7-25(16-26)36-20-24(31)18-29-23-17-28(37-19-23)11-13-30(14-12-28)39(34,35)27-10-9-21-5-2-3-6-22(21)15-27/h4,7-10,15-16,23-24,29,31H,2-3,5-6,11-14,17-20H2,1H3/t23?,24-/m0/s1. The summed E-state index contributed by atoms with van der Waals surface area (Å²) in [7, 11) is -6.87. The number of rotatable bonds is 9. The Labute approximate surface area is 231 Å². The first-order valence-corrected chi connectivity index (χ1v) is 17.0. The summed E-state index contributed by atoms with van der Waals surface area (Å²) in [5, 5.41) is 13.7. The van der Waals surface area contributed by atoms with E-state index in [2.05, 4.69) is 5.32 Å². The zero-order valence-corrected chi connectivity index (χ0v) is 24.0. The van der Waals surface area contributed by atoms with E-state index in [0.29, 0.717) is 49.7 Å². The van der Waals surface area contributed by atoms with Crippen molar-refractivity contribution in [1.82, 2.24) is 9.62 Å². The summed E-state index contributed by atoms with van der Waals surface area (Å²) < 4.78 is 63.5. The second kappa shape index (κ2) is 11.5. The average molecular weight is 579 g/mol. The van der Waals surface area contributed by atoms with Gasteiger partial charge in [-0.2, -0.15) is 4.31 Å². The Morgan fingerprint density at radius 1 is 1.05 bits per heavy atom. The number of hydrogen-bond donors (Lipinski definition) is 2. The molecule has 0 amide bonds. The van der Waals surface area contributed by atoms with Crippen molar-refractivity contribution in [1.29, 1.82) is 0 Å². The molecule has 0 radical (unpaired) electrons. The van der Waals surface area contributed by atoms with Crippen molar-refractivity contribution in [2.45, 2.75) is 72.5 Å². The van der Waals surface area contributed by atoms with E-state index in [-0.39, 0.29) is 23.1 Å². The van der Waals surface area contributed by atoms with Gasteiger partial charge in [0, 0.05) is 31.9 Å². The van der Waals surface area contributed by atoms with Crippen LogP contribution in [-0.4, -0.2) is 83.1 Å². The molecule has 2 fully saturated rings. The summed E-state index contributed by atoms with van der Waals surface area (Å²) in [6.45, 7) is 1.68. The van der Waals surface area contributed by atoms with Crippen LogP contribution in [0.2, 0.25) is 0 Å². The number of aryl methyl sites for hydroxylation is 2. The van der Waals surface area contributed by atoms with Crippen molar-refractivity contribution in [3.05, 3.63) is 53.6 Å². The van der Waals surface area contributed by atoms with E-state index in [1.54, 1.807) is 22.5 Å². The van der Waals surface area contributed by atoms with Gasteiger partial charge in [0.2, 0.25) is 10.0 Å². The smallest absolute Gasteiger partial charge is 0.243 e. The van der Waals surface area contributed by atoms with Crippen molar-refractivity contribution in [2.75, 3.05) is 39.1 Å². The Hall–Kier alpha value is -2.02. The van der Waals surface area contributed by atoms with Crippen LogP contribution in [0.4, 0.5) is 0 Å². The predicted molar refractivity (Wildman–Crippen MR) is 147 cm³/mol. The normalized spacial score (nSPS) is 22.5. The molecule has 2 heterocycles. The van der Waals surface area contributed by atoms with Crippen molar-refractivity contribution in [2.24, 2.45) is 0 Å². The molecule has 0 bridgehead atoms. The molecule has 39 heavy (non-hydrogen) atoms. The number of hydrogen-bond acceptors (Lipinski definition) is 8. The molecule has 2 aliphatic heterocycles. The number of fused-ring (bicyclic) bond motifs is 1. The van der Waals surface area contributed by atoms with Gasteiger partial charge in [0.25, 0.3) is 0 Å². The molecule has 2 atom stereocenters. The van der Waals surface area contributed by atoms with Crippen LogP contribution >= 0.6 is 0 Å². The second-order valence-corrected chi connectivity index (χ2v) is 15.0. The number of nitrogens with one attached hydrogen (secondary N) is 1. The zero-order chi connectivity index (χ0) is 27.7. The third-order valence-electron chi connectivity index (χ3n) is 8.12. The van der Waals surface area contributed by atoms with Crippen LogP contribution in [0.5, 0.6) is 5.75 Å². The largest absolute Gasteiger partial charge is 0.491 e. The van der Waals surface area contributed by atoms with Gasteiger partial charge in [-0.25, -0.2) is 16.8 Å². The zero-order valence-electron chi connectivity index (χ0n) is 22.3. The van der Waals surface area contributed by atoms with Gasteiger partial charge in [0.1, 0.15) is 18.5 Å². The summed E-state index contributed by atoms with van der Waals surface area (Å²) in [6, 6.07) is 11.9. The first-order valence-electron chi connectivity index (χ1n) is 13.6. The monoisotopic (exact) mass is 578 g/mol. The van der Waals surface area contributed by atoms with Gasteiger partial charge in [0.05, 0.1) is 22.0 Å². The third kappa shape index (κ3) is 6.66. The van der Waals surface area contributed by atoms with Crippen LogP contribution in [0.1, 0.15) is 43.2 Å². The van der Waals surface area contributed by atoms with E-state index < -0.39 is 26.0 Å². The van der Waals surface area contributed by atoms with Crippen molar-refractivity contribution in [3.63, 3.8) is 0 Å². The lowest BCUT2D eigenvalue weighted by atomic mass is 9.88. The fourth-order valence-corrected chi connectivity index (χ4v) is 7.97. The molecule has 3 aliphatic rings. The maximum atomic E-state index is 13.4. The number of aliphatic hydroxyl groups is 1. The molecule has 2 aromatic carbocycles. The number of sulfone groups is 1. The maximum absolute atomic E-state index is 13.4. The minimum absolute atomic E-state index is 0.0223. The molecular formula is C28H38N2O7S2. The number of ether oxygens (including phenoxy) is 2. The minimum Gasteiger partial charge on any atom is -0.491 e. The molecule has 0 aromatic heterocycles. The van der Waals surface area contributed by atoms with Gasteiger partial charge < -0.3 is 19.9 Å².